The SMILES string of the molecule is Clc1cc2cnc(Nc3cnn(C45CC(C4)C5)c3Cl)nc2cc1N1CCC2(CCCO2)CC1. The Bertz CT molecular complexity index is 1230. The van der Waals surface area contributed by atoms with Crippen molar-refractivity contribution in [3.63, 3.8) is 0 Å². The van der Waals surface area contributed by atoms with Gasteiger partial charge >= 0.3 is 0 Å². The van der Waals surface area contributed by atoms with E-state index in [4.69, 9.17) is 32.9 Å². The van der Waals surface area contributed by atoms with Crippen LogP contribution >= 0.6 is 23.2 Å². The van der Waals surface area contributed by atoms with Crippen molar-refractivity contribution in [2.45, 2.75) is 56.1 Å². The topological polar surface area (TPSA) is 68.1 Å². The molecular formula is C24H26Cl2N6O. The Labute approximate surface area is 202 Å². The highest BCUT2D eigenvalue weighted by Gasteiger charge is 2.59. The second-order valence-corrected chi connectivity index (χ2v) is 11.0. The van der Waals surface area contributed by atoms with Crippen molar-refractivity contribution in [2.24, 2.45) is 5.92 Å². The van der Waals surface area contributed by atoms with Crippen molar-refractivity contribution < 1.29 is 4.74 Å². The molecule has 2 saturated heterocycles. The highest BCUT2D eigenvalue weighted by atomic mass is 35.5. The maximum absolute atomic E-state index is 6.67. The van der Waals surface area contributed by atoms with Gasteiger partial charge in [0.1, 0.15) is 0 Å². The zero-order valence-electron chi connectivity index (χ0n) is 18.4. The number of hydrogen-bond donors (Lipinski definition) is 1. The van der Waals surface area contributed by atoms with Gasteiger partial charge in [0.15, 0.2) is 5.15 Å². The molecule has 33 heavy (non-hydrogen) atoms. The van der Waals surface area contributed by atoms with E-state index in [1.54, 1.807) is 12.4 Å². The average Bonchev–Trinajstić information content (AvgIpc) is 3.35. The van der Waals surface area contributed by atoms with E-state index in [0.717, 1.165) is 65.8 Å². The third-order valence-corrected chi connectivity index (χ3v) is 8.93. The number of fused-ring (bicyclic) bond motifs is 1. The van der Waals surface area contributed by atoms with Crippen molar-refractivity contribution in [1.82, 2.24) is 19.7 Å². The number of ether oxygens (including phenoxy) is 1. The second-order valence-electron chi connectivity index (χ2n) is 10.3. The molecule has 0 unspecified atom stereocenters. The summed E-state index contributed by atoms with van der Waals surface area (Å²) in [6.07, 6.45) is 11.6. The average molecular weight is 485 g/mol. The quantitative estimate of drug-likeness (QED) is 0.524. The summed E-state index contributed by atoms with van der Waals surface area (Å²) in [7, 11) is 0. The Hall–Kier alpha value is -2.09. The minimum absolute atomic E-state index is 0.0856. The first-order chi connectivity index (χ1) is 16.0. The minimum Gasteiger partial charge on any atom is -0.375 e. The molecule has 4 heterocycles. The molecule has 1 spiro atoms. The van der Waals surface area contributed by atoms with E-state index in [-0.39, 0.29) is 11.1 Å². The second kappa shape index (κ2) is 7.20. The third kappa shape index (κ3) is 3.16. The number of anilines is 3. The van der Waals surface area contributed by atoms with Gasteiger partial charge in [0.2, 0.25) is 5.95 Å². The van der Waals surface area contributed by atoms with Crippen LogP contribution < -0.4 is 10.2 Å². The van der Waals surface area contributed by atoms with Gasteiger partial charge in [-0.2, -0.15) is 5.10 Å². The summed E-state index contributed by atoms with van der Waals surface area (Å²) < 4.78 is 8.06. The number of hydrogen-bond acceptors (Lipinski definition) is 6. The Balaban J connectivity index is 1.14. The van der Waals surface area contributed by atoms with Gasteiger partial charge < -0.3 is 15.0 Å². The van der Waals surface area contributed by atoms with Crippen molar-refractivity contribution in [1.29, 1.82) is 0 Å². The lowest BCUT2D eigenvalue weighted by Crippen LogP contribution is -2.59. The maximum Gasteiger partial charge on any atom is 0.227 e. The first-order valence-corrected chi connectivity index (χ1v) is 12.6. The standard InChI is InChI=1S/C24H26Cl2N6O/c25-17-8-16-13-27-22(30-19-14-28-32(21(19)26)23-10-15(11-23)12-23)29-18(16)9-20(17)31-5-3-24(4-6-31)2-1-7-33-24/h8-9,13-15H,1-7,10-12H2,(H,27,29,30). The smallest absolute Gasteiger partial charge is 0.227 e. The van der Waals surface area contributed by atoms with Gasteiger partial charge in [0, 0.05) is 31.3 Å². The Morgan fingerprint density at radius 3 is 2.58 bits per heavy atom. The van der Waals surface area contributed by atoms with Crippen LogP contribution in [0.4, 0.5) is 17.3 Å². The molecule has 0 amide bonds. The van der Waals surface area contributed by atoms with Crippen LogP contribution in [-0.4, -0.2) is 45.0 Å². The molecule has 2 bridgehead atoms. The lowest BCUT2D eigenvalue weighted by Gasteiger charge is -2.61. The highest BCUT2D eigenvalue weighted by molar-refractivity contribution is 6.34. The van der Waals surface area contributed by atoms with Gasteiger partial charge in [-0.1, -0.05) is 23.2 Å². The van der Waals surface area contributed by atoms with E-state index in [1.165, 1.54) is 32.1 Å². The summed E-state index contributed by atoms with van der Waals surface area (Å²) in [6.45, 7) is 2.78. The molecule has 7 nitrogen and oxygen atoms in total. The zero-order chi connectivity index (χ0) is 22.2. The summed E-state index contributed by atoms with van der Waals surface area (Å²) in [4.78, 5) is 11.6. The first kappa shape index (κ1) is 20.3. The molecule has 9 heteroatoms. The summed E-state index contributed by atoms with van der Waals surface area (Å²) in [5.74, 6) is 1.37. The maximum atomic E-state index is 6.67. The molecule has 5 aliphatic rings. The molecule has 1 aromatic carbocycles. The molecule has 172 valence electrons. The summed E-state index contributed by atoms with van der Waals surface area (Å²) in [5, 5.41) is 10.1. The minimum atomic E-state index is 0.0856. The molecule has 3 aliphatic carbocycles. The van der Waals surface area contributed by atoms with E-state index in [1.807, 2.05) is 10.7 Å². The van der Waals surface area contributed by atoms with Gasteiger partial charge in [-0.05, 0) is 63.0 Å². The number of piperidine rings is 1. The van der Waals surface area contributed by atoms with Gasteiger partial charge in [0.05, 0.1) is 39.3 Å². The number of nitrogens with one attached hydrogen (secondary N) is 1. The fraction of sp³-hybridized carbons (Fsp3) is 0.542. The molecular weight excluding hydrogens is 459 g/mol. The summed E-state index contributed by atoms with van der Waals surface area (Å²) in [5.41, 5.74) is 2.85. The largest absolute Gasteiger partial charge is 0.375 e. The molecule has 1 N–H and O–H groups in total. The number of benzene rings is 1. The monoisotopic (exact) mass is 484 g/mol. The van der Waals surface area contributed by atoms with E-state index in [0.29, 0.717) is 11.1 Å². The molecule has 2 aromatic heterocycles. The van der Waals surface area contributed by atoms with Crippen LogP contribution in [0.2, 0.25) is 10.2 Å². The molecule has 3 aromatic rings. The van der Waals surface area contributed by atoms with E-state index in [9.17, 15) is 0 Å². The van der Waals surface area contributed by atoms with Crippen molar-refractivity contribution >= 4 is 51.4 Å². The zero-order valence-corrected chi connectivity index (χ0v) is 19.9. The fourth-order valence-electron chi connectivity index (χ4n) is 6.21. The summed E-state index contributed by atoms with van der Waals surface area (Å²) >= 11 is 13.3. The first-order valence-electron chi connectivity index (χ1n) is 11.9. The Morgan fingerprint density at radius 1 is 1.06 bits per heavy atom. The van der Waals surface area contributed by atoms with Crippen LogP contribution in [0.1, 0.15) is 44.9 Å². The van der Waals surface area contributed by atoms with Crippen LogP contribution in [0.25, 0.3) is 10.9 Å². The number of rotatable bonds is 4. The molecule has 8 rings (SSSR count). The van der Waals surface area contributed by atoms with Crippen molar-refractivity contribution in [3.8, 4) is 0 Å². The molecule has 0 radical (unpaired) electrons. The van der Waals surface area contributed by atoms with Crippen LogP contribution in [0.3, 0.4) is 0 Å². The molecule has 2 aliphatic heterocycles. The number of halogens is 2. The van der Waals surface area contributed by atoms with Gasteiger partial charge in [-0.15, -0.1) is 0 Å². The lowest BCUT2D eigenvalue weighted by molar-refractivity contribution is -0.0975. The molecule has 5 fully saturated rings. The fourth-order valence-corrected chi connectivity index (χ4v) is 6.82. The van der Waals surface area contributed by atoms with E-state index >= 15 is 0 Å². The number of aromatic nitrogens is 4. The predicted octanol–water partition coefficient (Wildman–Crippen LogP) is 5.54. The van der Waals surface area contributed by atoms with Gasteiger partial charge in [-0.3, -0.25) is 0 Å². The van der Waals surface area contributed by atoms with Crippen molar-refractivity contribution in [2.75, 3.05) is 29.9 Å². The van der Waals surface area contributed by atoms with Crippen LogP contribution in [0, 0.1) is 5.92 Å². The van der Waals surface area contributed by atoms with Crippen molar-refractivity contribution in [3.05, 3.63) is 34.7 Å². The van der Waals surface area contributed by atoms with Crippen LogP contribution in [-0.2, 0) is 10.3 Å². The van der Waals surface area contributed by atoms with Gasteiger partial charge in [0.25, 0.3) is 0 Å². The Kier molecular flexibility index (Phi) is 4.43. The lowest BCUT2D eigenvalue weighted by atomic mass is 9.50. The highest BCUT2D eigenvalue weighted by Crippen LogP contribution is 2.63. The predicted molar refractivity (Wildman–Crippen MR) is 130 cm³/mol. The van der Waals surface area contributed by atoms with Gasteiger partial charge in [-0.25, -0.2) is 14.6 Å². The number of nitrogens with zero attached hydrogens (tertiary/aromatic N) is 5. The summed E-state index contributed by atoms with van der Waals surface area (Å²) in [6, 6.07) is 4.03. The van der Waals surface area contributed by atoms with Crippen LogP contribution in [0.5, 0.6) is 0 Å². The van der Waals surface area contributed by atoms with Crippen LogP contribution in [0.15, 0.2) is 24.5 Å². The Morgan fingerprint density at radius 2 is 1.88 bits per heavy atom. The molecule has 3 saturated carbocycles. The third-order valence-electron chi connectivity index (χ3n) is 8.26. The van der Waals surface area contributed by atoms with E-state index < -0.39 is 0 Å². The normalized spacial score (nSPS) is 27.6. The van der Waals surface area contributed by atoms with E-state index in [2.05, 4.69) is 26.4 Å². The molecule has 0 atom stereocenters.